The van der Waals surface area contributed by atoms with Crippen molar-refractivity contribution in [2.45, 2.75) is 5.33 Å². The number of rotatable bonds is 3. The third kappa shape index (κ3) is 3.28. The zero-order valence-electron chi connectivity index (χ0n) is 11.2. The van der Waals surface area contributed by atoms with Crippen molar-refractivity contribution in [2.75, 3.05) is 0 Å². The Hall–Kier alpha value is -0.360. The molecular weight excluding hydrogens is 540 g/mol. The quantitative estimate of drug-likeness (QED) is 0.304. The van der Waals surface area contributed by atoms with Crippen molar-refractivity contribution >= 4 is 63.7 Å². The molecule has 0 amide bonds. The van der Waals surface area contributed by atoms with Crippen molar-refractivity contribution in [3.8, 4) is 22.6 Å². The number of benzene rings is 2. The monoisotopic (exact) mass is 546 g/mol. The van der Waals surface area contributed by atoms with E-state index in [1.165, 1.54) is 0 Å². The van der Waals surface area contributed by atoms with Crippen LogP contribution in [0.5, 0.6) is 0 Å². The average molecular weight is 550 g/mol. The summed E-state index contributed by atoms with van der Waals surface area (Å²) in [6, 6.07) is 16.2. The zero-order valence-corrected chi connectivity index (χ0v) is 17.6. The first-order valence-electron chi connectivity index (χ1n) is 6.49. The van der Waals surface area contributed by atoms with Gasteiger partial charge in [0.15, 0.2) is 0 Å². The highest BCUT2D eigenvalue weighted by molar-refractivity contribution is 9.11. The van der Waals surface area contributed by atoms with E-state index in [1.807, 2.05) is 48.5 Å². The lowest BCUT2D eigenvalue weighted by Crippen LogP contribution is -1.81. The maximum atomic E-state index is 6.18. The van der Waals surface area contributed by atoms with Crippen molar-refractivity contribution in [3.05, 3.63) is 67.5 Å². The Morgan fingerprint density at radius 1 is 0.682 bits per heavy atom. The Kier molecular flexibility index (Phi) is 5.28. The van der Waals surface area contributed by atoms with E-state index < -0.39 is 0 Å². The average Bonchev–Trinajstić information content (AvgIpc) is 2.85. The van der Waals surface area contributed by atoms with Crippen molar-refractivity contribution in [1.29, 1.82) is 0 Å². The first-order valence-corrected chi connectivity index (χ1v) is 9.99. The lowest BCUT2D eigenvalue weighted by Gasteiger charge is -2.00. The van der Waals surface area contributed by atoms with Crippen molar-refractivity contribution in [3.63, 3.8) is 0 Å². The lowest BCUT2D eigenvalue weighted by molar-refractivity contribution is 0.594. The van der Waals surface area contributed by atoms with Gasteiger partial charge < -0.3 is 4.42 Å². The fourth-order valence-electron chi connectivity index (χ4n) is 2.19. The molecule has 0 aliphatic carbocycles. The summed E-state index contributed by atoms with van der Waals surface area (Å²) in [4.78, 5) is 0. The van der Waals surface area contributed by atoms with Crippen LogP contribution in [0.15, 0.2) is 66.4 Å². The predicted molar refractivity (Wildman–Crippen MR) is 105 cm³/mol. The van der Waals surface area contributed by atoms with Gasteiger partial charge in [0.05, 0.1) is 4.47 Å². The van der Waals surface area contributed by atoms with Crippen molar-refractivity contribution < 1.29 is 4.42 Å². The molecule has 0 aliphatic rings. The largest absolute Gasteiger partial charge is 0.455 e. The third-order valence-electron chi connectivity index (χ3n) is 3.29. The Morgan fingerprint density at radius 3 is 1.59 bits per heavy atom. The van der Waals surface area contributed by atoms with Crippen molar-refractivity contribution in [2.24, 2.45) is 0 Å². The molecule has 0 saturated heterocycles. The van der Waals surface area contributed by atoms with E-state index >= 15 is 0 Å². The van der Waals surface area contributed by atoms with Crippen LogP contribution in [-0.2, 0) is 5.33 Å². The Labute approximate surface area is 162 Å². The molecule has 1 nitrogen and oxygen atoms in total. The molecule has 1 aromatic heterocycles. The first-order chi connectivity index (χ1) is 10.6. The minimum Gasteiger partial charge on any atom is -0.455 e. The van der Waals surface area contributed by atoms with Gasteiger partial charge in [0, 0.05) is 31.0 Å². The van der Waals surface area contributed by atoms with E-state index in [1.54, 1.807) is 0 Å². The smallest absolute Gasteiger partial charge is 0.149 e. The number of furan rings is 1. The van der Waals surface area contributed by atoms with Gasteiger partial charge in [-0.3, -0.25) is 0 Å². The molecule has 0 aliphatic heterocycles. The SMILES string of the molecule is BrCc1c(-c2ccc(Br)cc2)oc(-c2ccc(Br)cc2)c1Br. The predicted octanol–water partition coefficient (Wildman–Crippen LogP) is 7.80. The van der Waals surface area contributed by atoms with Gasteiger partial charge in [-0.05, 0) is 40.2 Å². The molecule has 1 heterocycles. The number of halogens is 4. The molecule has 0 radical (unpaired) electrons. The van der Waals surface area contributed by atoms with Gasteiger partial charge in [0.2, 0.25) is 0 Å². The van der Waals surface area contributed by atoms with Crippen LogP contribution in [0.3, 0.4) is 0 Å². The summed E-state index contributed by atoms with van der Waals surface area (Å²) in [6.07, 6.45) is 0. The van der Waals surface area contributed by atoms with Gasteiger partial charge in [0.1, 0.15) is 11.5 Å². The van der Waals surface area contributed by atoms with Gasteiger partial charge in [-0.2, -0.15) is 0 Å². The van der Waals surface area contributed by atoms with E-state index in [9.17, 15) is 0 Å². The summed E-state index contributed by atoms with van der Waals surface area (Å²) >= 11 is 14.2. The number of hydrogen-bond donors (Lipinski definition) is 0. The van der Waals surface area contributed by atoms with Crippen LogP contribution in [0.25, 0.3) is 22.6 Å². The van der Waals surface area contributed by atoms with Gasteiger partial charge in [-0.25, -0.2) is 0 Å². The lowest BCUT2D eigenvalue weighted by atomic mass is 10.1. The van der Waals surface area contributed by atoms with Gasteiger partial charge in [-0.15, -0.1) is 0 Å². The fraction of sp³-hybridized carbons (Fsp3) is 0.0588. The number of alkyl halides is 1. The van der Waals surface area contributed by atoms with Crippen LogP contribution in [0.1, 0.15) is 5.56 Å². The van der Waals surface area contributed by atoms with E-state index in [4.69, 9.17) is 4.42 Å². The highest BCUT2D eigenvalue weighted by Gasteiger charge is 2.20. The van der Waals surface area contributed by atoms with Crippen LogP contribution in [0, 0.1) is 0 Å². The van der Waals surface area contributed by atoms with Gasteiger partial charge in [0.25, 0.3) is 0 Å². The highest BCUT2D eigenvalue weighted by atomic mass is 79.9. The van der Waals surface area contributed by atoms with Crippen LogP contribution in [0.4, 0.5) is 0 Å². The first kappa shape index (κ1) is 16.5. The molecule has 0 fully saturated rings. The standard InChI is InChI=1S/C17H10Br4O/c18-9-14-15(21)17(11-3-7-13(20)8-4-11)22-16(14)10-1-5-12(19)6-2-10/h1-8H,9H2. The molecule has 0 saturated carbocycles. The van der Waals surface area contributed by atoms with E-state index in [0.717, 1.165) is 47.0 Å². The second-order valence-corrected chi connectivity index (χ2v) is 7.89. The molecule has 3 aromatic rings. The minimum atomic E-state index is 0.721. The van der Waals surface area contributed by atoms with Crippen LogP contribution in [0.2, 0.25) is 0 Å². The molecular formula is C17H10Br4O. The maximum absolute atomic E-state index is 6.18. The maximum Gasteiger partial charge on any atom is 0.149 e. The molecule has 0 N–H and O–H groups in total. The molecule has 22 heavy (non-hydrogen) atoms. The second-order valence-electron chi connectivity index (χ2n) is 4.70. The molecule has 0 spiro atoms. The number of hydrogen-bond acceptors (Lipinski definition) is 1. The molecule has 0 unspecified atom stereocenters. The van der Waals surface area contributed by atoms with E-state index in [0.29, 0.717) is 0 Å². The topological polar surface area (TPSA) is 13.1 Å². The van der Waals surface area contributed by atoms with Crippen LogP contribution >= 0.6 is 63.7 Å². The van der Waals surface area contributed by atoms with Crippen LogP contribution in [-0.4, -0.2) is 0 Å². The zero-order chi connectivity index (χ0) is 15.7. The Balaban J connectivity index is 2.14. The van der Waals surface area contributed by atoms with Gasteiger partial charge >= 0.3 is 0 Å². The molecule has 3 rings (SSSR count). The Bertz CT molecular complexity index is 789. The summed E-state index contributed by atoms with van der Waals surface area (Å²) < 4.78 is 9.27. The highest BCUT2D eigenvalue weighted by Crippen LogP contribution is 2.42. The summed E-state index contributed by atoms with van der Waals surface area (Å²) in [6.45, 7) is 0. The van der Waals surface area contributed by atoms with E-state index in [-0.39, 0.29) is 0 Å². The molecule has 112 valence electrons. The van der Waals surface area contributed by atoms with Crippen molar-refractivity contribution in [1.82, 2.24) is 0 Å². The van der Waals surface area contributed by atoms with E-state index in [2.05, 4.69) is 63.7 Å². The molecule has 0 atom stereocenters. The second kappa shape index (κ2) is 7.04. The minimum absolute atomic E-state index is 0.721. The summed E-state index contributed by atoms with van der Waals surface area (Å²) in [5, 5.41) is 0.721. The summed E-state index contributed by atoms with van der Waals surface area (Å²) in [5.74, 6) is 1.73. The normalized spacial score (nSPS) is 10.9. The molecule has 5 heteroatoms. The summed E-state index contributed by atoms with van der Waals surface area (Å²) in [5.41, 5.74) is 3.21. The summed E-state index contributed by atoms with van der Waals surface area (Å²) in [7, 11) is 0. The third-order valence-corrected chi connectivity index (χ3v) is 5.75. The molecule has 0 bridgehead atoms. The van der Waals surface area contributed by atoms with Gasteiger partial charge in [-0.1, -0.05) is 72.1 Å². The van der Waals surface area contributed by atoms with Crippen LogP contribution < -0.4 is 0 Å². The Morgan fingerprint density at radius 2 is 1.14 bits per heavy atom. The fourth-order valence-corrected chi connectivity index (χ4v) is 4.26. The molecule has 2 aromatic carbocycles.